The van der Waals surface area contributed by atoms with Crippen molar-refractivity contribution >= 4 is 0 Å². The second-order valence-corrected chi connectivity index (χ2v) is 3.91. The van der Waals surface area contributed by atoms with Gasteiger partial charge in [0.25, 0.3) is 0 Å². The molecule has 1 aliphatic rings. The first-order valence-electron chi connectivity index (χ1n) is 4.61. The maximum Gasteiger partial charge on any atom is 0.459 e. The van der Waals surface area contributed by atoms with Crippen molar-refractivity contribution in [2.45, 2.75) is 30.0 Å². The minimum absolute atomic E-state index is 0.0490. The maximum absolute atomic E-state index is 13.4. The van der Waals surface area contributed by atoms with Gasteiger partial charge < -0.3 is 11.5 Å². The van der Waals surface area contributed by atoms with Crippen LogP contribution in [0.1, 0.15) is 6.42 Å². The van der Waals surface area contributed by atoms with Gasteiger partial charge in [0.2, 0.25) is 0 Å². The second kappa shape index (κ2) is 3.87. The Morgan fingerprint density at radius 3 is 1.94 bits per heavy atom. The average Bonchev–Trinajstić information content (AvgIpc) is 2.14. The molecule has 0 amide bonds. The van der Waals surface area contributed by atoms with Crippen LogP contribution < -0.4 is 11.5 Å². The third kappa shape index (κ3) is 1.96. The molecule has 0 bridgehead atoms. The molecule has 0 aromatic rings. The summed E-state index contributed by atoms with van der Waals surface area (Å²) in [5.74, 6) is -11.8. The van der Waals surface area contributed by atoms with E-state index < -0.39 is 23.6 Å². The molecule has 2 nitrogen and oxygen atoms in total. The van der Waals surface area contributed by atoms with Crippen LogP contribution in [0, 0.1) is 0 Å². The molecule has 0 fully saturated rings. The molecule has 0 radical (unpaired) electrons. The summed E-state index contributed by atoms with van der Waals surface area (Å²) in [6.07, 6.45) is -4.85. The fourth-order valence-electron chi connectivity index (χ4n) is 1.45. The van der Waals surface area contributed by atoms with E-state index in [2.05, 4.69) is 0 Å². The van der Waals surface area contributed by atoms with Crippen molar-refractivity contribution < 1.29 is 30.7 Å². The molecule has 104 valence electrons. The minimum atomic E-state index is -6.42. The molecule has 0 saturated heterocycles. The SMILES string of the molecule is NC1=CC(N)(C(F)(F)C(F)(F)C(F)(F)F)C=CC1. The highest BCUT2D eigenvalue weighted by Crippen LogP contribution is 2.51. The largest absolute Gasteiger partial charge is 0.459 e. The first-order valence-corrected chi connectivity index (χ1v) is 4.61. The van der Waals surface area contributed by atoms with Crippen molar-refractivity contribution in [3.63, 3.8) is 0 Å². The number of nitrogens with two attached hydrogens (primary N) is 2. The van der Waals surface area contributed by atoms with Crippen LogP contribution in [0.4, 0.5) is 30.7 Å². The van der Waals surface area contributed by atoms with Gasteiger partial charge in [0.05, 0.1) is 0 Å². The lowest BCUT2D eigenvalue weighted by atomic mass is 9.83. The predicted octanol–water partition coefficient (Wildman–Crippen LogP) is 2.32. The van der Waals surface area contributed by atoms with Crippen molar-refractivity contribution in [2.75, 3.05) is 0 Å². The molecule has 0 aromatic heterocycles. The third-order valence-electron chi connectivity index (χ3n) is 2.47. The Hall–Kier alpha value is -1.25. The van der Waals surface area contributed by atoms with E-state index in [1.54, 1.807) is 0 Å². The van der Waals surface area contributed by atoms with Crippen molar-refractivity contribution in [2.24, 2.45) is 11.5 Å². The van der Waals surface area contributed by atoms with E-state index >= 15 is 0 Å². The van der Waals surface area contributed by atoms with Crippen LogP contribution in [-0.4, -0.2) is 23.6 Å². The topological polar surface area (TPSA) is 52.0 Å². The molecule has 4 N–H and O–H groups in total. The Labute approximate surface area is 97.1 Å². The quantitative estimate of drug-likeness (QED) is 0.601. The van der Waals surface area contributed by atoms with Crippen LogP contribution in [0.25, 0.3) is 0 Å². The number of rotatable bonds is 2. The highest BCUT2D eigenvalue weighted by molar-refractivity contribution is 5.33. The van der Waals surface area contributed by atoms with Crippen LogP contribution in [-0.2, 0) is 0 Å². The highest BCUT2D eigenvalue weighted by atomic mass is 19.4. The Morgan fingerprint density at radius 1 is 1.06 bits per heavy atom. The van der Waals surface area contributed by atoms with Gasteiger partial charge in [-0.05, 0) is 6.08 Å². The van der Waals surface area contributed by atoms with E-state index in [-0.39, 0.29) is 12.1 Å². The number of hydrogen-bond acceptors (Lipinski definition) is 2. The van der Waals surface area contributed by atoms with Crippen molar-refractivity contribution in [3.8, 4) is 0 Å². The summed E-state index contributed by atoms with van der Waals surface area (Å²) >= 11 is 0. The maximum atomic E-state index is 13.4. The number of halogens is 7. The van der Waals surface area contributed by atoms with Gasteiger partial charge in [-0.2, -0.15) is 30.7 Å². The van der Waals surface area contributed by atoms with E-state index in [1.165, 1.54) is 0 Å². The molecule has 1 aliphatic carbocycles. The van der Waals surface area contributed by atoms with Crippen molar-refractivity contribution in [3.05, 3.63) is 23.9 Å². The number of allylic oxidation sites excluding steroid dienone is 1. The van der Waals surface area contributed by atoms with Crippen LogP contribution in [0.3, 0.4) is 0 Å². The lowest BCUT2D eigenvalue weighted by Crippen LogP contribution is -2.66. The first kappa shape index (κ1) is 14.8. The standard InChI is InChI=1S/C9H9F7N2/c10-7(11,8(12,13)9(14,15)16)6(18)3-1-2-5(17)4-6/h1,3-4H,2,17-18H2. The van der Waals surface area contributed by atoms with E-state index in [4.69, 9.17) is 11.5 Å². The summed E-state index contributed by atoms with van der Waals surface area (Å²) < 4.78 is 88.4. The first-order chi connectivity index (χ1) is 7.85. The zero-order valence-corrected chi connectivity index (χ0v) is 8.74. The van der Waals surface area contributed by atoms with Gasteiger partial charge >= 0.3 is 18.0 Å². The molecule has 18 heavy (non-hydrogen) atoms. The van der Waals surface area contributed by atoms with E-state index in [9.17, 15) is 30.7 Å². The summed E-state index contributed by atoms with van der Waals surface area (Å²) in [4.78, 5) is 0. The third-order valence-corrected chi connectivity index (χ3v) is 2.47. The minimum Gasteiger partial charge on any atom is -0.402 e. The molecule has 0 spiro atoms. The summed E-state index contributed by atoms with van der Waals surface area (Å²) in [5, 5.41) is 0. The molecule has 1 unspecified atom stereocenters. The summed E-state index contributed by atoms with van der Waals surface area (Å²) in [6, 6.07) is 0. The summed E-state index contributed by atoms with van der Waals surface area (Å²) in [6.45, 7) is 0. The molecule has 1 rings (SSSR count). The van der Waals surface area contributed by atoms with Gasteiger partial charge in [-0.1, -0.05) is 12.2 Å². The molecular weight excluding hydrogens is 269 g/mol. The molecule has 0 aliphatic heterocycles. The normalized spacial score (nSPS) is 26.1. The lowest BCUT2D eigenvalue weighted by Gasteiger charge is -2.39. The van der Waals surface area contributed by atoms with Crippen LogP contribution in [0.5, 0.6) is 0 Å². The van der Waals surface area contributed by atoms with Crippen LogP contribution in [0.15, 0.2) is 23.9 Å². The van der Waals surface area contributed by atoms with Crippen LogP contribution >= 0.6 is 0 Å². The van der Waals surface area contributed by atoms with Crippen LogP contribution in [0.2, 0.25) is 0 Å². The fourth-order valence-corrected chi connectivity index (χ4v) is 1.45. The summed E-state index contributed by atoms with van der Waals surface area (Å²) in [7, 11) is 0. The van der Waals surface area contributed by atoms with Gasteiger partial charge in [-0.3, -0.25) is 0 Å². The Morgan fingerprint density at radius 2 is 1.56 bits per heavy atom. The highest BCUT2D eigenvalue weighted by Gasteiger charge is 2.78. The summed E-state index contributed by atoms with van der Waals surface area (Å²) in [5.41, 5.74) is 6.48. The van der Waals surface area contributed by atoms with Gasteiger partial charge in [-0.25, -0.2) is 0 Å². The van der Waals surface area contributed by atoms with E-state index in [0.29, 0.717) is 12.2 Å². The van der Waals surface area contributed by atoms with Crippen molar-refractivity contribution in [1.29, 1.82) is 0 Å². The Bertz CT molecular complexity index is 396. The average molecular weight is 278 g/mol. The molecule has 1 atom stereocenters. The number of hydrogen-bond donors (Lipinski definition) is 2. The smallest absolute Gasteiger partial charge is 0.402 e. The number of alkyl halides is 7. The van der Waals surface area contributed by atoms with E-state index in [0.717, 1.165) is 6.08 Å². The molecule has 0 aromatic carbocycles. The Balaban J connectivity index is 3.30. The van der Waals surface area contributed by atoms with Gasteiger partial charge in [-0.15, -0.1) is 0 Å². The Kier molecular flexibility index (Phi) is 3.19. The van der Waals surface area contributed by atoms with Gasteiger partial charge in [0, 0.05) is 12.1 Å². The predicted molar refractivity (Wildman–Crippen MR) is 48.9 cm³/mol. The van der Waals surface area contributed by atoms with E-state index in [1.807, 2.05) is 0 Å². The van der Waals surface area contributed by atoms with Crippen molar-refractivity contribution in [1.82, 2.24) is 0 Å². The zero-order chi connectivity index (χ0) is 14.4. The molecule has 9 heteroatoms. The van der Waals surface area contributed by atoms with Gasteiger partial charge in [0.1, 0.15) is 5.54 Å². The monoisotopic (exact) mass is 278 g/mol. The van der Waals surface area contributed by atoms with Gasteiger partial charge in [0.15, 0.2) is 0 Å². The zero-order valence-electron chi connectivity index (χ0n) is 8.74. The molecule has 0 heterocycles. The lowest BCUT2D eigenvalue weighted by molar-refractivity contribution is -0.361. The second-order valence-electron chi connectivity index (χ2n) is 3.91. The fraction of sp³-hybridized carbons (Fsp3) is 0.556. The molecular formula is C9H9F7N2. The molecule has 0 saturated carbocycles.